The molecule has 19 heavy (non-hydrogen) atoms. The third-order valence-electron chi connectivity index (χ3n) is 5.03. The Hall–Kier alpha value is -1.02. The third kappa shape index (κ3) is 2.79. The Morgan fingerprint density at radius 3 is 2.84 bits per heavy atom. The molecule has 0 aromatic heterocycles. The first kappa shape index (κ1) is 13.0. The normalized spacial score (nSPS) is 28.1. The number of anilines is 1. The van der Waals surface area contributed by atoms with Crippen LogP contribution in [0.25, 0.3) is 0 Å². The van der Waals surface area contributed by atoms with Crippen molar-refractivity contribution in [1.82, 2.24) is 4.90 Å². The van der Waals surface area contributed by atoms with E-state index < -0.39 is 0 Å². The molecule has 2 heteroatoms. The van der Waals surface area contributed by atoms with Crippen molar-refractivity contribution in [2.24, 2.45) is 5.92 Å². The van der Waals surface area contributed by atoms with Crippen LogP contribution in [0.2, 0.25) is 0 Å². The van der Waals surface area contributed by atoms with Gasteiger partial charge in [0.05, 0.1) is 0 Å². The van der Waals surface area contributed by atoms with E-state index in [-0.39, 0.29) is 0 Å². The number of likely N-dealkylation sites (tertiary alicyclic amines) is 1. The number of rotatable bonds is 2. The van der Waals surface area contributed by atoms with Crippen LogP contribution in [0, 0.1) is 12.8 Å². The highest BCUT2D eigenvalue weighted by molar-refractivity contribution is 5.48. The van der Waals surface area contributed by atoms with Gasteiger partial charge in [-0.25, -0.2) is 0 Å². The van der Waals surface area contributed by atoms with Crippen LogP contribution < -0.4 is 5.73 Å². The fourth-order valence-electron chi connectivity index (χ4n) is 4.01. The monoisotopic (exact) mass is 258 g/mol. The van der Waals surface area contributed by atoms with Crippen LogP contribution in [-0.2, 0) is 6.54 Å². The van der Waals surface area contributed by atoms with Crippen LogP contribution >= 0.6 is 0 Å². The fourth-order valence-corrected chi connectivity index (χ4v) is 4.01. The average molecular weight is 258 g/mol. The number of fused-ring (bicyclic) bond motifs is 1. The van der Waals surface area contributed by atoms with Crippen LogP contribution in [0.4, 0.5) is 5.69 Å². The molecular formula is C17H26N2. The number of aryl methyl sites for hydroxylation is 1. The zero-order valence-electron chi connectivity index (χ0n) is 12.1. The van der Waals surface area contributed by atoms with Gasteiger partial charge < -0.3 is 5.73 Å². The van der Waals surface area contributed by atoms with Gasteiger partial charge in [0.25, 0.3) is 0 Å². The Bertz CT molecular complexity index is 439. The lowest BCUT2D eigenvalue weighted by molar-refractivity contribution is 0.0548. The fraction of sp³-hybridized carbons (Fsp3) is 0.647. The number of piperidine rings is 1. The molecule has 0 amide bonds. The van der Waals surface area contributed by atoms with Gasteiger partial charge in [-0.3, -0.25) is 4.90 Å². The number of hydrogen-bond donors (Lipinski definition) is 1. The van der Waals surface area contributed by atoms with E-state index in [0.717, 1.165) is 24.2 Å². The minimum atomic E-state index is 0.822. The second kappa shape index (κ2) is 5.54. The van der Waals surface area contributed by atoms with Crippen LogP contribution in [0.5, 0.6) is 0 Å². The van der Waals surface area contributed by atoms with Crippen LogP contribution in [0.15, 0.2) is 18.2 Å². The molecule has 0 unspecified atom stereocenters. The summed E-state index contributed by atoms with van der Waals surface area (Å²) in [5.41, 5.74) is 9.76. The Labute approximate surface area is 117 Å². The summed E-state index contributed by atoms with van der Waals surface area (Å²) in [6.07, 6.45) is 8.53. The standard InChI is InChI=1S/C17H26N2/c1-13-8-9-16(18)15(11-13)12-19-10-4-6-14-5-2-3-7-17(14)19/h8-9,11,14,17H,2-7,10,12,18H2,1H3/t14-,17-/m1/s1. The van der Waals surface area contributed by atoms with Crippen molar-refractivity contribution in [1.29, 1.82) is 0 Å². The molecule has 1 saturated heterocycles. The quantitative estimate of drug-likeness (QED) is 0.819. The molecule has 2 atom stereocenters. The highest BCUT2D eigenvalue weighted by Crippen LogP contribution is 2.36. The van der Waals surface area contributed by atoms with Gasteiger partial charge in [-0.2, -0.15) is 0 Å². The molecule has 0 bridgehead atoms. The van der Waals surface area contributed by atoms with Crippen LogP contribution in [-0.4, -0.2) is 17.5 Å². The van der Waals surface area contributed by atoms with Crippen molar-refractivity contribution < 1.29 is 0 Å². The van der Waals surface area contributed by atoms with Crippen LogP contribution in [0.3, 0.4) is 0 Å². The van der Waals surface area contributed by atoms with Gasteiger partial charge in [0, 0.05) is 18.3 Å². The van der Waals surface area contributed by atoms with E-state index in [9.17, 15) is 0 Å². The number of nitrogen functional groups attached to an aromatic ring is 1. The summed E-state index contributed by atoms with van der Waals surface area (Å²) in [5, 5.41) is 0. The van der Waals surface area contributed by atoms with E-state index in [1.807, 2.05) is 0 Å². The molecule has 2 N–H and O–H groups in total. The molecule has 0 radical (unpaired) electrons. The lowest BCUT2D eigenvalue weighted by Gasteiger charge is -2.44. The second-order valence-corrected chi connectivity index (χ2v) is 6.43. The van der Waals surface area contributed by atoms with E-state index in [0.29, 0.717) is 0 Å². The summed E-state index contributed by atoms with van der Waals surface area (Å²) in [6, 6.07) is 7.26. The largest absolute Gasteiger partial charge is 0.398 e. The van der Waals surface area contributed by atoms with Gasteiger partial charge in [-0.15, -0.1) is 0 Å². The Kier molecular flexibility index (Phi) is 3.79. The average Bonchev–Trinajstić information content (AvgIpc) is 2.43. The first-order valence-corrected chi connectivity index (χ1v) is 7.83. The summed E-state index contributed by atoms with van der Waals surface area (Å²) in [6.45, 7) is 4.46. The summed E-state index contributed by atoms with van der Waals surface area (Å²) < 4.78 is 0. The van der Waals surface area contributed by atoms with Crippen molar-refractivity contribution in [3.63, 3.8) is 0 Å². The highest BCUT2D eigenvalue weighted by atomic mass is 15.2. The summed E-state index contributed by atoms with van der Waals surface area (Å²) in [5.74, 6) is 0.952. The maximum Gasteiger partial charge on any atom is 0.0359 e. The molecule has 2 nitrogen and oxygen atoms in total. The smallest absolute Gasteiger partial charge is 0.0359 e. The van der Waals surface area contributed by atoms with Crippen molar-refractivity contribution >= 4 is 5.69 Å². The van der Waals surface area contributed by atoms with Crippen LogP contribution in [0.1, 0.15) is 49.7 Å². The van der Waals surface area contributed by atoms with E-state index in [1.165, 1.54) is 56.2 Å². The van der Waals surface area contributed by atoms with Crippen molar-refractivity contribution in [2.75, 3.05) is 12.3 Å². The third-order valence-corrected chi connectivity index (χ3v) is 5.03. The van der Waals surface area contributed by atoms with Crippen molar-refractivity contribution in [2.45, 2.75) is 58.0 Å². The first-order valence-electron chi connectivity index (χ1n) is 7.83. The molecule has 1 aliphatic carbocycles. The molecule has 1 aromatic rings. The summed E-state index contributed by atoms with van der Waals surface area (Å²) in [4.78, 5) is 2.71. The maximum absolute atomic E-state index is 6.15. The molecule has 1 heterocycles. The summed E-state index contributed by atoms with van der Waals surface area (Å²) >= 11 is 0. The lowest BCUT2D eigenvalue weighted by atomic mass is 9.78. The number of benzene rings is 1. The Morgan fingerprint density at radius 2 is 1.95 bits per heavy atom. The SMILES string of the molecule is Cc1ccc(N)c(CN2CCC[C@H]3CCCC[C@H]32)c1. The molecule has 1 aliphatic heterocycles. The molecule has 2 fully saturated rings. The zero-order chi connectivity index (χ0) is 13.2. The molecule has 3 rings (SSSR count). The maximum atomic E-state index is 6.15. The second-order valence-electron chi connectivity index (χ2n) is 6.43. The molecule has 1 aromatic carbocycles. The Morgan fingerprint density at radius 1 is 1.16 bits per heavy atom. The molecule has 1 saturated carbocycles. The van der Waals surface area contributed by atoms with Gasteiger partial charge in [0.1, 0.15) is 0 Å². The van der Waals surface area contributed by atoms with Gasteiger partial charge in [-0.1, -0.05) is 30.5 Å². The molecule has 0 spiro atoms. The summed E-state index contributed by atoms with van der Waals surface area (Å²) in [7, 11) is 0. The van der Waals surface area contributed by atoms with E-state index >= 15 is 0 Å². The number of nitrogens with zero attached hydrogens (tertiary/aromatic N) is 1. The molecular weight excluding hydrogens is 232 g/mol. The van der Waals surface area contributed by atoms with E-state index in [4.69, 9.17) is 5.73 Å². The zero-order valence-corrected chi connectivity index (χ0v) is 12.1. The van der Waals surface area contributed by atoms with Gasteiger partial charge in [-0.05, 0) is 56.7 Å². The van der Waals surface area contributed by atoms with E-state index in [1.54, 1.807) is 0 Å². The predicted molar refractivity (Wildman–Crippen MR) is 81.0 cm³/mol. The molecule has 2 aliphatic rings. The number of hydrogen-bond acceptors (Lipinski definition) is 2. The first-order chi connectivity index (χ1) is 9.24. The van der Waals surface area contributed by atoms with Gasteiger partial charge in [0.2, 0.25) is 0 Å². The van der Waals surface area contributed by atoms with E-state index in [2.05, 4.69) is 30.0 Å². The number of nitrogens with two attached hydrogens (primary N) is 1. The lowest BCUT2D eigenvalue weighted by Crippen LogP contribution is -2.46. The minimum Gasteiger partial charge on any atom is -0.398 e. The minimum absolute atomic E-state index is 0.822. The molecule has 104 valence electrons. The Balaban J connectivity index is 1.75. The van der Waals surface area contributed by atoms with Gasteiger partial charge >= 0.3 is 0 Å². The van der Waals surface area contributed by atoms with Crippen molar-refractivity contribution in [3.05, 3.63) is 29.3 Å². The topological polar surface area (TPSA) is 29.3 Å². The van der Waals surface area contributed by atoms with Crippen molar-refractivity contribution in [3.8, 4) is 0 Å². The predicted octanol–water partition coefficient (Wildman–Crippen LogP) is 3.73. The highest BCUT2D eigenvalue weighted by Gasteiger charge is 2.33. The van der Waals surface area contributed by atoms with Gasteiger partial charge in [0.15, 0.2) is 0 Å².